The Bertz CT molecular complexity index is 1440. The summed E-state index contributed by atoms with van der Waals surface area (Å²) in [4.78, 5) is 19.6. The minimum absolute atomic E-state index is 0.0559. The number of ether oxygens (including phenoxy) is 1. The highest BCUT2D eigenvalue weighted by Gasteiger charge is 2.32. The first-order valence-electron chi connectivity index (χ1n) is 12.9. The quantitative estimate of drug-likeness (QED) is 0.238. The van der Waals surface area contributed by atoms with Crippen LogP contribution in [-0.4, -0.2) is 62.1 Å². The zero-order chi connectivity index (χ0) is 26.7. The largest absolute Gasteiger partial charge is 0.368 e. The number of anilines is 2. The maximum atomic E-state index is 9.60. The van der Waals surface area contributed by atoms with Crippen LogP contribution in [0.3, 0.4) is 0 Å². The maximum Gasteiger partial charge on any atom is 0.221 e. The molecule has 1 aliphatic heterocycles. The van der Waals surface area contributed by atoms with Crippen LogP contribution < -0.4 is 10.6 Å². The summed E-state index contributed by atoms with van der Waals surface area (Å²) in [6, 6.07) is 7.32. The summed E-state index contributed by atoms with van der Waals surface area (Å²) in [6.07, 6.45) is 10.4. The van der Waals surface area contributed by atoms with Gasteiger partial charge in [-0.25, -0.2) is 15.0 Å². The summed E-state index contributed by atoms with van der Waals surface area (Å²) in [5.41, 5.74) is 8.33. The zero-order valence-electron chi connectivity index (χ0n) is 22.2. The molecule has 38 heavy (non-hydrogen) atoms. The molecular weight excluding hydrogens is 496 g/mol. The Morgan fingerprint density at radius 1 is 1.24 bits per heavy atom. The summed E-state index contributed by atoms with van der Waals surface area (Å²) < 4.78 is 9.88. The molecule has 0 saturated carbocycles. The monoisotopic (exact) mass is 530 g/mol. The van der Waals surface area contributed by atoms with Gasteiger partial charge in [0.15, 0.2) is 0 Å². The third-order valence-corrected chi connectivity index (χ3v) is 8.75. The first-order valence-corrected chi connectivity index (χ1v) is 16.7. The molecule has 1 aliphatic rings. The smallest absolute Gasteiger partial charge is 0.221 e. The molecule has 1 saturated heterocycles. The van der Waals surface area contributed by atoms with Crippen LogP contribution in [0.2, 0.25) is 25.7 Å². The van der Waals surface area contributed by atoms with Crippen LogP contribution in [0.1, 0.15) is 18.9 Å². The van der Waals surface area contributed by atoms with Crippen molar-refractivity contribution in [2.45, 2.75) is 51.3 Å². The van der Waals surface area contributed by atoms with E-state index < -0.39 is 8.07 Å². The van der Waals surface area contributed by atoms with Crippen LogP contribution in [0.15, 0.2) is 43.2 Å². The van der Waals surface area contributed by atoms with Gasteiger partial charge in [-0.3, -0.25) is 4.68 Å². The molecule has 0 aromatic carbocycles. The van der Waals surface area contributed by atoms with E-state index in [9.17, 15) is 5.26 Å². The Labute approximate surface area is 223 Å². The minimum atomic E-state index is -1.14. The summed E-state index contributed by atoms with van der Waals surface area (Å²) in [5.74, 6) is 1.33. The molecular formula is C26H34N10OSi. The lowest BCUT2D eigenvalue weighted by molar-refractivity contribution is 0.0899. The minimum Gasteiger partial charge on any atom is -0.368 e. The fraction of sp³-hybridized carbons (Fsp3) is 0.462. The van der Waals surface area contributed by atoms with Gasteiger partial charge >= 0.3 is 0 Å². The number of nitrogens with zero attached hydrogens (tertiary/aromatic N) is 9. The van der Waals surface area contributed by atoms with Gasteiger partial charge in [0.2, 0.25) is 5.95 Å². The van der Waals surface area contributed by atoms with Crippen molar-refractivity contribution in [1.29, 1.82) is 5.26 Å². The lowest BCUT2D eigenvalue weighted by Gasteiger charge is -2.23. The van der Waals surface area contributed by atoms with E-state index in [4.69, 9.17) is 10.5 Å². The average molecular weight is 531 g/mol. The molecule has 4 aromatic heterocycles. The van der Waals surface area contributed by atoms with Gasteiger partial charge in [0.1, 0.15) is 24.5 Å². The van der Waals surface area contributed by atoms with E-state index in [1.165, 1.54) is 0 Å². The second-order valence-corrected chi connectivity index (χ2v) is 16.6. The van der Waals surface area contributed by atoms with E-state index in [1.54, 1.807) is 12.5 Å². The van der Waals surface area contributed by atoms with Gasteiger partial charge in [-0.15, -0.1) is 0 Å². The summed E-state index contributed by atoms with van der Waals surface area (Å²) >= 11 is 0. The Balaban J connectivity index is 1.33. The van der Waals surface area contributed by atoms with Crippen molar-refractivity contribution in [2.24, 2.45) is 5.92 Å². The average Bonchev–Trinajstić information content (AvgIpc) is 3.65. The van der Waals surface area contributed by atoms with Crippen molar-refractivity contribution in [3.05, 3.63) is 43.2 Å². The van der Waals surface area contributed by atoms with Crippen molar-refractivity contribution < 1.29 is 4.74 Å². The van der Waals surface area contributed by atoms with Crippen LogP contribution in [-0.2, 0) is 11.5 Å². The van der Waals surface area contributed by atoms with E-state index in [1.807, 2.05) is 40.0 Å². The summed E-state index contributed by atoms with van der Waals surface area (Å²) in [5, 5.41) is 15.2. The van der Waals surface area contributed by atoms with E-state index in [-0.39, 0.29) is 17.9 Å². The molecule has 0 spiro atoms. The van der Waals surface area contributed by atoms with Gasteiger partial charge in [-0.05, 0) is 24.6 Å². The highest BCUT2D eigenvalue weighted by Crippen LogP contribution is 2.34. The SMILES string of the molecule is C[Si](C)(C)CCOCn1ccc2c(-c3cnn(C(CC#N)C4CCN(c5ccnc(N)n5)C4)c3)ncnc21. The number of rotatable bonds is 10. The Kier molecular flexibility index (Phi) is 7.39. The van der Waals surface area contributed by atoms with Crippen LogP contribution in [0.25, 0.3) is 22.3 Å². The molecule has 0 amide bonds. The number of fused-ring (bicyclic) bond motifs is 1. The van der Waals surface area contributed by atoms with Crippen molar-refractivity contribution in [2.75, 3.05) is 30.3 Å². The van der Waals surface area contributed by atoms with E-state index >= 15 is 0 Å². The second kappa shape index (κ2) is 10.9. The van der Waals surface area contributed by atoms with Crippen molar-refractivity contribution in [3.63, 3.8) is 0 Å². The summed E-state index contributed by atoms with van der Waals surface area (Å²) in [7, 11) is -1.14. The Morgan fingerprint density at radius 3 is 2.89 bits per heavy atom. The number of nitrogens with two attached hydrogens (primary N) is 1. The molecule has 12 heteroatoms. The van der Waals surface area contributed by atoms with Crippen LogP contribution in [0.5, 0.6) is 0 Å². The molecule has 0 bridgehead atoms. The van der Waals surface area contributed by atoms with Gasteiger partial charge in [0.05, 0.1) is 30.4 Å². The lowest BCUT2D eigenvalue weighted by Crippen LogP contribution is -2.25. The normalized spacial score (nSPS) is 16.7. The molecule has 5 heterocycles. The molecule has 0 radical (unpaired) electrons. The molecule has 2 atom stereocenters. The van der Waals surface area contributed by atoms with Gasteiger partial charge in [0.25, 0.3) is 0 Å². The lowest BCUT2D eigenvalue weighted by atomic mass is 9.96. The Morgan fingerprint density at radius 2 is 2.11 bits per heavy atom. The predicted octanol–water partition coefficient (Wildman–Crippen LogP) is 3.96. The van der Waals surface area contributed by atoms with Gasteiger partial charge in [-0.2, -0.15) is 15.3 Å². The number of aromatic nitrogens is 7. The number of nitriles is 1. The van der Waals surface area contributed by atoms with Gasteiger partial charge in [-0.1, -0.05) is 19.6 Å². The van der Waals surface area contributed by atoms with E-state index in [0.29, 0.717) is 13.2 Å². The molecule has 1 fully saturated rings. The highest BCUT2D eigenvalue weighted by molar-refractivity contribution is 6.76. The van der Waals surface area contributed by atoms with Crippen LogP contribution >= 0.6 is 0 Å². The number of nitrogen functional groups attached to an aromatic ring is 1. The first-order chi connectivity index (χ1) is 18.3. The summed E-state index contributed by atoms with van der Waals surface area (Å²) in [6.45, 7) is 9.87. The first kappa shape index (κ1) is 25.8. The standard InChI is InChI=1S/C26H34N10OSi/c1-38(2,3)13-12-37-18-35-11-7-21-24(30-17-31-25(21)35)20-14-32-36(16-20)22(4-8-27)19-6-10-34(15-19)23-5-9-29-26(28)33-23/h5,7,9,11,14,16-17,19,22H,4,6,10,12-13,15,18H2,1-3H3,(H2,28,29,33). The van der Waals surface area contributed by atoms with Gasteiger partial charge < -0.3 is 19.9 Å². The highest BCUT2D eigenvalue weighted by atomic mass is 28.3. The third-order valence-electron chi connectivity index (χ3n) is 7.05. The number of hydrogen-bond donors (Lipinski definition) is 1. The Hall–Kier alpha value is -3.82. The molecule has 2 unspecified atom stereocenters. The van der Waals surface area contributed by atoms with Crippen molar-refractivity contribution in [3.8, 4) is 17.3 Å². The molecule has 4 aromatic rings. The fourth-order valence-electron chi connectivity index (χ4n) is 4.94. The van der Waals surface area contributed by atoms with Crippen LogP contribution in [0, 0.1) is 17.2 Å². The van der Waals surface area contributed by atoms with Gasteiger partial charge in [0, 0.05) is 63.2 Å². The molecule has 0 aliphatic carbocycles. The topological polar surface area (TPSA) is 137 Å². The van der Waals surface area contributed by atoms with Crippen LogP contribution in [0.4, 0.5) is 11.8 Å². The van der Waals surface area contributed by atoms with E-state index in [0.717, 1.165) is 60.3 Å². The van der Waals surface area contributed by atoms with Crippen molar-refractivity contribution in [1.82, 2.24) is 34.3 Å². The fourth-order valence-corrected chi connectivity index (χ4v) is 5.70. The molecule has 198 valence electrons. The number of hydrogen-bond acceptors (Lipinski definition) is 9. The van der Waals surface area contributed by atoms with Crippen molar-refractivity contribution >= 4 is 30.9 Å². The van der Waals surface area contributed by atoms with E-state index in [2.05, 4.69) is 55.6 Å². The third kappa shape index (κ3) is 5.68. The maximum absolute atomic E-state index is 9.60. The second-order valence-electron chi connectivity index (χ2n) is 11.0. The predicted molar refractivity (Wildman–Crippen MR) is 149 cm³/mol. The molecule has 2 N–H and O–H groups in total. The molecule has 5 rings (SSSR count). The zero-order valence-corrected chi connectivity index (χ0v) is 23.2. The molecule has 11 nitrogen and oxygen atoms in total.